The second-order valence-electron chi connectivity index (χ2n) is 7.35. The summed E-state index contributed by atoms with van der Waals surface area (Å²) in [6.07, 6.45) is 2.16. The van der Waals surface area contributed by atoms with Crippen LogP contribution in [0.4, 0.5) is 0 Å². The molecule has 25 heavy (non-hydrogen) atoms. The lowest BCUT2D eigenvalue weighted by Gasteiger charge is -2.49. The number of hydrogen-bond acceptors (Lipinski definition) is 6. The van der Waals surface area contributed by atoms with Gasteiger partial charge in [-0.05, 0) is 36.8 Å². The predicted octanol–water partition coefficient (Wildman–Crippen LogP) is 2.47. The monoisotopic (exact) mass is 348 g/mol. The number of hydrogen-bond donors (Lipinski definition) is 0. The quantitative estimate of drug-likeness (QED) is 0.337. The van der Waals surface area contributed by atoms with Gasteiger partial charge in [0, 0.05) is 30.8 Å². The third-order valence-corrected chi connectivity index (χ3v) is 5.74. The molecular formula is C19H24O6. The highest BCUT2D eigenvalue weighted by atomic mass is 16.6. The highest BCUT2D eigenvalue weighted by Gasteiger charge is 2.56. The van der Waals surface area contributed by atoms with Crippen molar-refractivity contribution in [3.63, 3.8) is 0 Å². The first-order chi connectivity index (χ1) is 11.7. The van der Waals surface area contributed by atoms with Crippen molar-refractivity contribution >= 4 is 17.9 Å². The van der Waals surface area contributed by atoms with Crippen LogP contribution in [0.2, 0.25) is 0 Å². The molecule has 1 aliphatic heterocycles. The van der Waals surface area contributed by atoms with Gasteiger partial charge in [-0.1, -0.05) is 13.5 Å². The van der Waals surface area contributed by atoms with Crippen LogP contribution in [0.25, 0.3) is 0 Å². The normalized spacial score (nSPS) is 34.1. The van der Waals surface area contributed by atoms with Crippen molar-refractivity contribution in [1.82, 2.24) is 0 Å². The molecule has 0 N–H and O–H groups in total. The molecule has 0 unspecified atom stereocenters. The largest absolute Gasteiger partial charge is 0.462 e. The minimum Gasteiger partial charge on any atom is -0.462 e. The number of ether oxygens (including phenoxy) is 3. The van der Waals surface area contributed by atoms with E-state index >= 15 is 0 Å². The summed E-state index contributed by atoms with van der Waals surface area (Å²) in [6.45, 7) is 8.89. The van der Waals surface area contributed by atoms with Crippen LogP contribution in [-0.4, -0.2) is 36.7 Å². The zero-order valence-corrected chi connectivity index (χ0v) is 14.9. The molecule has 4 atom stereocenters. The van der Waals surface area contributed by atoms with Crippen molar-refractivity contribution in [2.75, 3.05) is 6.61 Å². The Kier molecular flexibility index (Phi) is 4.47. The average Bonchev–Trinajstić information content (AvgIpc) is 2.81. The van der Waals surface area contributed by atoms with E-state index in [9.17, 15) is 14.4 Å². The Bertz CT molecular complexity index is 675. The van der Waals surface area contributed by atoms with E-state index in [1.807, 2.05) is 6.92 Å². The minimum atomic E-state index is -0.425. The van der Waals surface area contributed by atoms with Crippen molar-refractivity contribution in [3.05, 3.63) is 23.3 Å². The number of fused-ring (bicyclic) bond motifs is 3. The molecule has 3 aliphatic rings. The van der Waals surface area contributed by atoms with E-state index in [0.717, 1.165) is 24.0 Å². The van der Waals surface area contributed by atoms with Gasteiger partial charge in [-0.3, -0.25) is 9.59 Å². The van der Waals surface area contributed by atoms with E-state index in [0.29, 0.717) is 18.4 Å². The fourth-order valence-electron chi connectivity index (χ4n) is 4.53. The molecule has 6 nitrogen and oxygen atoms in total. The van der Waals surface area contributed by atoms with Crippen LogP contribution in [0.5, 0.6) is 0 Å². The molecular weight excluding hydrogens is 324 g/mol. The summed E-state index contributed by atoms with van der Waals surface area (Å²) in [7, 11) is 0. The summed E-state index contributed by atoms with van der Waals surface area (Å²) >= 11 is 0. The van der Waals surface area contributed by atoms with Gasteiger partial charge in [0.25, 0.3) is 0 Å². The van der Waals surface area contributed by atoms with Gasteiger partial charge < -0.3 is 14.2 Å². The summed E-state index contributed by atoms with van der Waals surface area (Å²) in [6, 6.07) is 0. The van der Waals surface area contributed by atoms with Gasteiger partial charge in [-0.15, -0.1) is 0 Å². The molecule has 0 bridgehead atoms. The maximum atomic E-state index is 12.0. The molecule has 6 heteroatoms. The third kappa shape index (κ3) is 2.98. The highest BCUT2D eigenvalue weighted by Crippen LogP contribution is 2.56. The Hall–Kier alpha value is -2.11. The van der Waals surface area contributed by atoms with Gasteiger partial charge >= 0.3 is 17.9 Å². The van der Waals surface area contributed by atoms with Gasteiger partial charge in [0.2, 0.25) is 0 Å². The van der Waals surface area contributed by atoms with E-state index in [4.69, 9.17) is 14.2 Å². The Morgan fingerprint density at radius 2 is 2.00 bits per heavy atom. The van der Waals surface area contributed by atoms with Crippen molar-refractivity contribution in [1.29, 1.82) is 0 Å². The zero-order valence-electron chi connectivity index (χ0n) is 14.9. The minimum absolute atomic E-state index is 0.0565. The van der Waals surface area contributed by atoms with Gasteiger partial charge in [0.05, 0.1) is 0 Å². The first-order valence-corrected chi connectivity index (χ1v) is 8.66. The molecule has 136 valence electrons. The molecule has 1 heterocycles. The number of rotatable bonds is 3. The maximum absolute atomic E-state index is 12.0. The molecule has 1 saturated heterocycles. The molecule has 3 rings (SSSR count). The van der Waals surface area contributed by atoms with Crippen LogP contribution < -0.4 is 0 Å². The van der Waals surface area contributed by atoms with Crippen LogP contribution in [0.15, 0.2) is 23.3 Å². The topological polar surface area (TPSA) is 78.9 Å². The standard InChI is InChI=1S/C19H24O6/c1-10-14-7-8-19(4)15(24-12(3)21)6-5-13(9-23-11(2)20)16(19)17(14)25-18(10)22/h14-15,17H,1,5-9H2,2-4H3/t14-,15-,17-,19-/m0/s1. The predicted molar refractivity (Wildman–Crippen MR) is 88.3 cm³/mol. The highest BCUT2D eigenvalue weighted by molar-refractivity contribution is 5.91. The lowest BCUT2D eigenvalue weighted by atomic mass is 9.58. The summed E-state index contributed by atoms with van der Waals surface area (Å²) < 4.78 is 16.4. The number of esters is 3. The second kappa shape index (κ2) is 6.32. The van der Waals surface area contributed by atoms with E-state index in [2.05, 4.69) is 6.58 Å². The molecule has 0 amide bonds. The van der Waals surface area contributed by atoms with Crippen LogP contribution >= 0.6 is 0 Å². The smallest absolute Gasteiger partial charge is 0.334 e. The average molecular weight is 348 g/mol. The fourth-order valence-corrected chi connectivity index (χ4v) is 4.53. The molecule has 0 aromatic rings. The number of carbonyl (C=O) groups is 3. The first-order valence-electron chi connectivity index (χ1n) is 8.66. The van der Waals surface area contributed by atoms with Crippen LogP contribution in [0.1, 0.15) is 46.5 Å². The molecule has 0 aromatic heterocycles. The van der Waals surface area contributed by atoms with E-state index in [1.165, 1.54) is 13.8 Å². The lowest BCUT2D eigenvalue weighted by molar-refractivity contribution is -0.156. The Morgan fingerprint density at radius 1 is 1.28 bits per heavy atom. The van der Waals surface area contributed by atoms with Crippen LogP contribution in [-0.2, 0) is 28.6 Å². The molecule has 0 radical (unpaired) electrons. The van der Waals surface area contributed by atoms with Gasteiger partial charge in [-0.25, -0.2) is 4.79 Å². The molecule has 2 fully saturated rings. The Balaban J connectivity index is 2.02. The second-order valence-corrected chi connectivity index (χ2v) is 7.35. The SMILES string of the molecule is C=C1C(=O)O[C@@H]2C3=C(COC(C)=O)CC[C@H](OC(C)=O)[C@]3(C)CC[C@@H]12. The third-order valence-electron chi connectivity index (χ3n) is 5.74. The molecule has 0 spiro atoms. The lowest BCUT2D eigenvalue weighted by Crippen LogP contribution is -2.49. The van der Waals surface area contributed by atoms with Crippen molar-refractivity contribution in [3.8, 4) is 0 Å². The Labute approximate surface area is 147 Å². The number of carbonyl (C=O) groups excluding carboxylic acids is 3. The fraction of sp³-hybridized carbons (Fsp3) is 0.632. The van der Waals surface area contributed by atoms with Crippen LogP contribution in [0.3, 0.4) is 0 Å². The van der Waals surface area contributed by atoms with E-state index in [-0.39, 0.29) is 36.5 Å². The summed E-state index contributed by atoms with van der Waals surface area (Å²) in [4.78, 5) is 34.8. The summed E-state index contributed by atoms with van der Waals surface area (Å²) in [5.41, 5.74) is 2.00. The van der Waals surface area contributed by atoms with Gasteiger partial charge in [0.1, 0.15) is 18.8 Å². The van der Waals surface area contributed by atoms with Crippen molar-refractivity contribution in [2.45, 2.75) is 58.7 Å². The van der Waals surface area contributed by atoms with Crippen molar-refractivity contribution < 1.29 is 28.6 Å². The first kappa shape index (κ1) is 17.7. The molecule has 1 saturated carbocycles. The van der Waals surface area contributed by atoms with Gasteiger partial charge in [0.15, 0.2) is 0 Å². The summed E-state index contributed by atoms with van der Waals surface area (Å²) in [5, 5.41) is 0. The molecule has 0 aromatic carbocycles. The Morgan fingerprint density at radius 3 is 2.64 bits per heavy atom. The van der Waals surface area contributed by atoms with Crippen LogP contribution in [0, 0.1) is 11.3 Å². The maximum Gasteiger partial charge on any atom is 0.334 e. The zero-order chi connectivity index (χ0) is 18.4. The van der Waals surface area contributed by atoms with Gasteiger partial charge in [-0.2, -0.15) is 0 Å². The van der Waals surface area contributed by atoms with Crippen molar-refractivity contribution in [2.24, 2.45) is 11.3 Å². The van der Waals surface area contributed by atoms with E-state index in [1.54, 1.807) is 0 Å². The molecule has 2 aliphatic carbocycles. The summed E-state index contributed by atoms with van der Waals surface area (Å²) in [5.74, 6) is -1.09. The van der Waals surface area contributed by atoms with E-state index < -0.39 is 11.5 Å².